The van der Waals surface area contributed by atoms with Gasteiger partial charge >= 0.3 is 11.9 Å². The summed E-state index contributed by atoms with van der Waals surface area (Å²) in [6, 6.07) is 0. The third kappa shape index (κ3) is 6.55. The standard InChI is InChI=1S/C32H43N3O6/c1-9-21-22(10-2)24(14-26-32(18(6)28(16-37)35-26)30(12-4)41-20(8)39)33-23(21)13-25-31(17(5)27(15-36)34-25)29(11-3)40-19(7)38/h15-16,29-30,33-35H,9-14H2,1-8H3. The lowest BCUT2D eigenvalue weighted by molar-refractivity contribution is -0.147. The van der Waals surface area contributed by atoms with E-state index in [-0.39, 0.29) is 11.9 Å². The molecule has 0 aliphatic heterocycles. The van der Waals surface area contributed by atoms with Gasteiger partial charge in [-0.25, -0.2) is 0 Å². The van der Waals surface area contributed by atoms with Gasteiger partial charge in [-0.15, -0.1) is 0 Å². The largest absolute Gasteiger partial charge is 0.458 e. The lowest BCUT2D eigenvalue weighted by atomic mass is 9.96. The molecule has 0 bridgehead atoms. The Morgan fingerprint density at radius 1 is 0.659 bits per heavy atom. The van der Waals surface area contributed by atoms with Crippen molar-refractivity contribution in [2.75, 3.05) is 0 Å². The molecule has 0 spiro atoms. The molecule has 3 N–H and O–H groups in total. The smallest absolute Gasteiger partial charge is 0.303 e. The van der Waals surface area contributed by atoms with Crippen LogP contribution >= 0.6 is 0 Å². The molecule has 3 rings (SSSR count). The molecule has 2 atom stereocenters. The summed E-state index contributed by atoms with van der Waals surface area (Å²) < 4.78 is 11.3. The van der Waals surface area contributed by atoms with Crippen LogP contribution in [-0.4, -0.2) is 39.5 Å². The zero-order valence-corrected chi connectivity index (χ0v) is 25.5. The second-order valence-electron chi connectivity index (χ2n) is 10.5. The van der Waals surface area contributed by atoms with Gasteiger partial charge in [0.1, 0.15) is 12.2 Å². The molecule has 0 saturated heterocycles. The van der Waals surface area contributed by atoms with Gasteiger partial charge in [-0.1, -0.05) is 27.7 Å². The van der Waals surface area contributed by atoms with Gasteiger partial charge in [0.2, 0.25) is 0 Å². The predicted octanol–water partition coefficient (Wildman–Crippen LogP) is 6.25. The van der Waals surface area contributed by atoms with Crippen molar-refractivity contribution in [3.63, 3.8) is 0 Å². The van der Waals surface area contributed by atoms with Gasteiger partial charge < -0.3 is 24.4 Å². The molecule has 2 unspecified atom stereocenters. The molecule has 9 heteroatoms. The summed E-state index contributed by atoms with van der Waals surface area (Å²) in [5.41, 5.74) is 10.3. The molecule has 222 valence electrons. The van der Waals surface area contributed by atoms with Gasteiger partial charge in [-0.3, -0.25) is 19.2 Å². The first-order valence-electron chi connectivity index (χ1n) is 14.4. The van der Waals surface area contributed by atoms with Crippen molar-refractivity contribution >= 4 is 24.5 Å². The number of rotatable bonds is 14. The molecule has 3 heterocycles. The number of ether oxygens (including phenoxy) is 2. The van der Waals surface area contributed by atoms with E-state index in [0.717, 1.165) is 70.4 Å². The molecule has 0 aromatic carbocycles. The van der Waals surface area contributed by atoms with Crippen molar-refractivity contribution in [2.45, 2.75) is 106 Å². The highest BCUT2D eigenvalue weighted by atomic mass is 16.5. The quantitative estimate of drug-likeness (QED) is 0.156. The molecule has 41 heavy (non-hydrogen) atoms. The monoisotopic (exact) mass is 565 g/mol. The second-order valence-corrected chi connectivity index (χ2v) is 10.5. The summed E-state index contributed by atoms with van der Waals surface area (Å²) in [6.07, 6.45) is 4.43. The van der Waals surface area contributed by atoms with E-state index in [0.29, 0.717) is 37.1 Å². The van der Waals surface area contributed by atoms with Crippen LogP contribution in [0.5, 0.6) is 0 Å². The molecule has 0 aliphatic rings. The summed E-state index contributed by atoms with van der Waals surface area (Å²) in [5, 5.41) is 0. The summed E-state index contributed by atoms with van der Waals surface area (Å²) in [4.78, 5) is 57.6. The SMILES string of the molecule is CCc1c(Cc2[nH]c(C=O)c(C)c2C(CC)OC(C)=O)[nH]c(Cc2[nH]c(C=O)c(C)c2C(CC)OC(C)=O)c1CC. The number of aromatic nitrogens is 3. The molecular formula is C32H43N3O6. The fourth-order valence-electron chi connectivity index (χ4n) is 6.08. The third-order valence-corrected chi connectivity index (χ3v) is 7.88. The normalized spacial score (nSPS) is 12.7. The van der Waals surface area contributed by atoms with E-state index < -0.39 is 12.2 Å². The predicted molar refractivity (Wildman–Crippen MR) is 157 cm³/mol. The zero-order chi connectivity index (χ0) is 30.4. The number of H-pyrrole nitrogens is 3. The highest BCUT2D eigenvalue weighted by Crippen LogP contribution is 2.35. The van der Waals surface area contributed by atoms with Gasteiger partial charge in [-0.2, -0.15) is 0 Å². The number of hydrogen-bond acceptors (Lipinski definition) is 6. The summed E-state index contributed by atoms with van der Waals surface area (Å²) >= 11 is 0. The molecular weight excluding hydrogens is 522 g/mol. The first kappa shape index (κ1) is 31.6. The molecule has 0 amide bonds. The van der Waals surface area contributed by atoms with Crippen molar-refractivity contribution in [3.8, 4) is 0 Å². The van der Waals surface area contributed by atoms with Crippen molar-refractivity contribution in [2.24, 2.45) is 0 Å². The fraction of sp³-hybridized carbons (Fsp3) is 0.500. The Labute approximate surface area is 241 Å². The summed E-state index contributed by atoms with van der Waals surface area (Å²) in [7, 11) is 0. The minimum Gasteiger partial charge on any atom is -0.458 e. The van der Waals surface area contributed by atoms with E-state index in [4.69, 9.17) is 9.47 Å². The van der Waals surface area contributed by atoms with E-state index in [1.807, 2.05) is 27.7 Å². The molecule has 0 aliphatic carbocycles. The molecule has 3 aromatic heterocycles. The molecule has 9 nitrogen and oxygen atoms in total. The van der Waals surface area contributed by atoms with Gasteiger partial charge in [0, 0.05) is 60.6 Å². The maximum Gasteiger partial charge on any atom is 0.303 e. The van der Waals surface area contributed by atoms with Crippen LogP contribution in [0.25, 0.3) is 0 Å². The Hall–Kier alpha value is -3.88. The van der Waals surface area contributed by atoms with Gasteiger partial charge in [0.25, 0.3) is 0 Å². The average molecular weight is 566 g/mol. The summed E-state index contributed by atoms with van der Waals surface area (Å²) in [5.74, 6) is -0.738. The summed E-state index contributed by atoms with van der Waals surface area (Å²) in [6.45, 7) is 14.7. The zero-order valence-electron chi connectivity index (χ0n) is 25.5. The number of hydrogen-bond donors (Lipinski definition) is 3. The Bertz CT molecular complexity index is 1320. The minimum atomic E-state index is -0.462. The minimum absolute atomic E-state index is 0.369. The first-order chi connectivity index (χ1) is 19.5. The van der Waals surface area contributed by atoms with E-state index in [2.05, 4.69) is 28.8 Å². The molecule has 0 saturated carbocycles. The van der Waals surface area contributed by atoms with Crippen LogP contribution in [0.2, 0.25) is 0 Å². The van der Waals surface area contributed by atoms with Crippen LogP contribution < -0.4 is 0 Å². The second kappa shape index (κ2) is 13.7. The number of carbonyl (C=O) groups is 4. The van der Waals surface area contributed by atoms with Gasteiger partial charge in [-0.05, 0) is 61.8 Å². The molecule has 0 radical (unpaired) electrons. The average Bonchev–Trinajstić information content (AvgIpc) is 3.55. The van der Waals surface area contributed by atoms with Gasteiger partial charge in [0.05, 0.1) is 11.4 Å². The fourth-order valence-corrected chi connectivity index (χ4v) is 6.08. The highest BCUT2D eigenvalue weighted by Gasteiger charge is 2.27. The van der Waals surface area contributed by atoms with Crippen molar-refractivity contribution in [3.05, 3.63) is 67.5 Å². The van der Waals surface area contributed by atoms with Crippen molar-refractivity contribution in [1.82, 2.24) is 15.0 Å². The Morgan fingerprint density at radius 2 is 1.02 bits per heavy atom. The van der Waals surface area contributed by atoms with E-state index in [1.54, 1.807) is 0 Å². The molecule has 3 aromatic rings. The van der Waals surface area contributed by atoms with Crippen LogP contribution in [-0.2, 0) is 44.7 Å². The van der Waals surface area contributed by atoms with Crippen LogP contribution in [0, 0.1) is 13.8 Å². The number of esters is 2. The number of aromatic amines is 3. The maximum absolute atomic E-state index is 11.8. The highest BCUT2D eigenvalue weighted by molar-refractivity contribution is 5.77. The van der Waals surface area contributed by atoms with Crippen LogP contribution in [0.4, 0.5) is 0 Å². The Kier molecular flexibility index (Phi) is 10.5. The topological polar surface area (TPSA) is 134 Å². The number of aldehydes is 2. The number of carbonyl (C=O) groups excluding carboxylic acids is 4. The lowest BCUT2D eigenvalue weighted by Gasteiger charge is -2.18. The van der Waals surface area contributed by atoms with E-state index in [9.17, 15) is 19.2 Å². The number of nitrogens with one attached hydrogen (secondary N) is 3. The van der Waals surface area contributed by atoms with Crippen LogP contribution in [0.3, 0.4) is 0 Å². The lowest BCUT2D eigenvalue weighted by Crippen LogP contribution is -2.11. The first-order valence-corrected chi connectivity index (χ1v) is 14.4. The third-order valence-electron chi connectivity index (χ3n) is 7.88. The maximum atomic E-state index is 11.8. The van der Waals surface area contributed by atoms with Crippen LogP contribution in [0.1, 0.15) is 144 Å². The van der Waals surface area contributed by atoms with Crippen molar-refractivity contribution in [1.29, 1.82) is 0 Å². The van der Waals surface area contributed by atoms with Gasteiger partial charge in [0.15, 0.2) is 12.6 Å². The van der Waals surface area contributed by atoms with E-state index in [1.165, 1.54) is 25.0 Å². The van der Waals surface area contributed by atoms with E-state index >= 15 is 0 Å². The van der Waals surface area contributed by atoms with Crippen molar-refractivity contribution < 1.29 is 28.7 Å². The molecule has 0 fully saturated rings. The Balaban J connectivity index is 2.12. The van der Waals surface area contributed by atoms with Crippen LogP contribution in [0.15, 0.2) is 0 Å². The Morgan fingerprint density at radius 3 is 1.29 bits per heavy atom.